The van der Waals surface area contributed by atoms with Crippen molar-refractivity contribution in [3.8, 4) is 44.8 Å². The summed E-state index contributed by atoms with van der Waals surface area (Å²) in [5.41, 5.74) is 16.2. The van der Waals surface area contributed by atoms with Crippen molar-refractivity contribution in [2.45, 2.75) is 32.4 Å². The van der Waals surface area contributed by atoms with Crippen molar-refractivity contribution in [3.63, 3.8) is 0 Å². The molecule has 0 spiro atoms. The molecule has 0 atom stereocenters. The highest BCUT2D eigenvalue weighted by atomic mass is 19.1. The van der Waals surface area contributed by atoms with Crippen molar-refractivity contribution >= 4 is 63.9 Å². The average Bonchev–Trinajstić information content (AvgIpc) is 2.35. The summed E-state index contributed by atoms with van der Waals surface area (Å²) >= 11 is 0. The van der Waals surface area contributed by atoms with Gasteiger partial charge in [0.2, 0.25) is 17.7 Å². The Balaban J connectivity index is 0.000000114. The maximum atomic E-state index is 13.6. The molecule has 0 bridgehead atoms. The summed E-state index contributed by atoms with van der Waals surface area (Å²) in [6, 6.07) is 57.7. The smallest absolute Gasteiger partial charge is 0.337 e. The quantitative estimate of drug-likeness (QED) is 0.0871. The second-order valence-electron chi connectivity index (χ2n) is 20.9. The van der Waals surface area contributed by atoms with Gasteiger partial charge in [-0.05, 0) is 154 Å². The van der Waals surface area contributed by atoms with Gasteiger partial charge in [-0.2, -0.15) is 0 Å². The van der Waals surface area contributed by atoms with Crippen LogP contribution >= 0.6 is 0 Å². The number of halogens is 2. The third-order valence-corrected chi connectivity index (χ3v) is 15.0. The number of pyridine rings is 1. The molecule has 0 unspecified atom stereocenters. The monoisotopic (exact) mass is 1160 g/mol. The number of hydrogen-bond acceptors (Lipinski definition) is 10. The molecule has 0 saturated heterocycles. The van der Waals surface area contributed by atoms with Crippen LogP contribution in [0.15, 0.2) is 219 Å². The van der Waals surface area contributed by atoms with Crippen LogP contribution in [-0.4, -0.2) is 46.3 Å². The van der Waals surface area contributed by atoms with Crippen molar-refractivity contribution in [3.05, 3.63) is 270 Å². The normalized spacial score (nSPS) is 13.5. The first kappa shape index (κ1) is 56.0. The summed E-state index contributed by atoms with van der Waals surface area (Å²) in [6.45, 7) is 4.76. The average molecular weight is 1160 g/mol. The first-order chi connectivity index (χ1) is 42.3. The lowest BCUT2D eigenvalue weighted by Crippen LogP contribution is -2.22. The van der Waals surface area contributed by atoms with Gasteiger partial charge in [-0.15, -0.1) is 0 Å². The van der Waals surface area contributed by atoms with Crippen molar-refractivity contribution in [1.82, 2.24) is 9.55 Å². The van der Waals surface area contributed by atoms with E-state index in [-0.39, 0.29) is 35.6 Å². The van der Waals surface area contributed by atoms with E-state index in [1.807, 2.05) is 109 Å². The Morgan fingerprint density at radius 1 is 0.540 bits per heavy atom. The van der Waals surface area contributed by atoms with Crippen LogP contribution in [0.3, 0.4) is 0 Å². The number of carbonyl (C=O) groups is 5. The van der Waals surface area contributed by atoms with Gasteiger partial charge in [0.25, 0.3) is 5.91 Å². The Morgan fingerprint density at radius 2 is 1.17 bits per heavy atom. The topological polar surface area (TPSA) is 185 Å². The van der Waals surface area contributed by atoms with E-state index in [0.717, 1.165) is 108 Å². The Morgan fingerprint density at radius 3 is 1.92 bits per heavy atom. The minimum absolute atomic E-state index is 0.0109. The molecule has 5 aliphatic heterocycles. The van der Waals surface area contributed by atoms with Gasteiger partial charge < -0.3 is 45.5 Å². The van der Waals surface area contributed by atoms with E-state index in [9.17, 15) is 32.8 Å². The van der Waals surface area contributed by atoms with Gasteiger partial charge in [0, 0.05) is 69.2 Å². The van der Waals surface area contributed by atoms with Crippen LogP contribution in [0.1, 0.15) is 48.5 Å². The zero-order valence-electron chi connectivity index (χ0n) is 46.8. The second-order valence-corrected chi connectivity index (χ2v) is 20.9. The molecular formula is C70H54F2N8O7. The molecule has 0 saturated carbocycles. The van der Waals surface area contributed by atoms with E-state index in [0.29, 0.717) is 54.3 Å². The van der Waals surface area contributed by atoms with Gasteiger partial charge in [-0.25, -0.2) is 18.6 Å². The van der Waals surface area contributed by atoms with Crippen LogP contribution < -0.4 is 36.2 Å². The van der Waals surface area contributed by atoms with Gasteiger partial charge in [0.1, 0.15) is 35.6 Å². The molecule has 8 aromatic carbocycles. The molecule has 430 valence electrons. The summed E-state index contributed by atoms with van der Waals surface area (Å²) in [6.07, 6.45) is 6.96. The third-order valence-electron chi connectivity index (χ3n) is 15.0. The third kappa shape index (κ3) is 12.4. The minimum atomic E-state index is -0.485. The van der Waals surface area contributed by atoms with Crippen molar-refractivity contribution in [2.24, 2.45) is 0 Å². The van der Waals surface area contributed by atoms with Crippen LogP contribution in [0.5, 0.6) is 5.75 Å². The highest BCUT2D eigenvalue weighted by Gasteiger charge is 2.31. The Hall–Kier alpha value is -11.5. The van der Waals surface area contributed by atoms with Crippen molar-refractivity contribution < 1.29 is 42.2 Å². The standard InChI is InChI=1S/C20H16N2O2.C18H15N3O3.C18H14N2O.C14H9F2NO/c23-19-11-15-10-16(12-21-20(15)22-19)17-8-4-5-9-18(17)24-13-14-6-2-1-3-7-14;1-10-19-15-6-4-13(8-16(15)20-10)21-9-12-7-11(18(23)24-2)3-5-14(12)17(21)22;21-18-12-15-11-14(5-8-17(15)19-18)13-3-6-16(7-4-13)20-9-1-2-10-20;15-10-2-3-12(16)11(7-10)8-1-4-13-9(5-8)6-14(18)17-13/h1-10,12H,11,13H2,(H,21,22,23);3-8,19-20H,1,9H2,2H3;1-11H,12H2,(H,19,21);1-5,7H,6H2,(H,17,18). The number of hydrogen-bond donors (Lipinski definition) is 5. The number of aromatic nitrogens is 2. The number of fused-ring (bicyclic) bond motifs is 5. The number of para-hydroxylation sites is 1. The molecule has 5 N–H and O–H groups in total. The summed E-state index contributed by atoms with van der Waals surface area (Å²) in [5, 5.41) is 14.5. The number of rotatable bonds is 9. The second kappa shape index (κ2) is 24.4. The highest BCUT2D eigenvalue weighted by molar-refractivity contribution is 6.11. The van der Waals surface area contributed by atoms with E-state index in [1.165, 1.54) is 7.11 Å². The lowest BCUT2D eigenvalue weighted by atomic mass is 10.0. The molecule has 17 heteroatoms. The number of nitrogens with zero attached hydrogens (tertiary/aromatic N) is 3. The number of ether oxygens (including phenoxy) is 2. The molecule has 87 heavy (non-hydrogen) atoms. The molecule has 2 aromatic heterocycles. The predicted octanol–water partition coefficient (Wildman–Crippen LogP) is 13.5. The number of nitrogens with one attached hydrogen (secondary N) is 5. The molecule has 0 fully saturated rings. The zero-order valence-corrected chi connectivity index (χ0v) is 46.8. The Labute approximate surface area is 499 Å². The molecule has 0 aliphatic carbocycles. The maximum Gasteiger partial charge on any atom is 0.337 e. The molecule has 15 rings (SSSR count). The number of anilines is 6. The summed E-state index contributed by atoms with van der Waals surface area (Å²) in [7, 11) is 1.34. The van der Waals surface area contributed by atoms with E-state index >= 15 is 0 Å². The van der Waals surface area contributed by atoms with E-state index < -0.39 is 17.6 Å². The lowest BCUT2D eigenvalue weighted by molar-refractivity contribution is -0.115. The molecule has 10 aromatic rings. The minimum Gasteiger partial charge on any atom is -0.488 e. The van der Waals surface area contributed by atoms with Gasteiger partial charge in [0.15, 0.2) is 0 Å². The molecule has 15 nitrogen and oxygen atoms in total. The van der Waals surface area contributed by atoms with Crippen molar-refractivity contribution in [1.29, 1.82) is 0 Å². The van der Waals surface area contributed by atoms with Crippen LogP contribution in [0.2, 0.25) is 0 Å². The SMILES string of the molecule is C=C1Nc2ccc(N3Cc4cc(C(=O)OC)ccc4C3=O)cc2N1.O=C1Cc2cc(-c3cc(F)ccc3F)ccc2N1.O=C1Cc2cc(-c3ccc(-n4cccc4)cc3)ccc2N1.O=C1Cc2cc(-c3ccccc3OCc3ccccc3)cnc2N1. The van der Waals surface area contributed by atoms with Crippen LogP contribution in [0, 0.1) is 11.6 Å². The molecule has 7 heterocycles. The van der Waals surface area contributed by atoms with E-state index in [1.54, 1.807) is 47.5 Å². The highest BCUT2D eigenvalue weighted by Crippen LogP contribution is 2.38. The fraction of sp³-hybridized carbons (Fsp3) is 0.0857. The molecule has 0 radical (unpaired) electrons. The van der Waals surface area contributed by atoms with E-state index in [4.69, 9.17) is 9.47 Å². The lowest BCUT2D eigenvalue weighted by Gasteiger charge is -2.16. The number of benzene rings is 8. The Kier molecular flexibility index (Phi) is 15.7. The number of methoxy groups -OCH3 is 1. The van der Waals surface area contributed by atoms with Gasteiger partial charge in [-0.3, -0.25) is 19.2 Å². The van der Waals surface area contributed by atoms with E-state index in [2.05, 4.69) is 79.1 Å². The maximum absolute atomic E-state index is 13.6. The zero-order chi connectivity index (χ0) is 60.1. The predicted molar refractivity (Wildman–Crippen MR) is 332 cm³/mol. The number of amides is 4. The Bertz CT molecular complexity index is 4360. The molecule has 4 amide bonds. The largest absolute Gasteiger partial charge is 0.488 e. The molecule has 5 aliphatic rings. The first-order valence-electron chi connectivity index (χ1n) is 27.8. The fourth-order valence-corrected chi connectivity index (χ4v) is 10.7. The first-order valence-corrected chi connectivity index (χ1v) is 27.8. The summed E-state index contributed by atoms with van der Waals surface area (Å²) in [5.74, 6) is 0.707. The fourth-order valence-electron chi connectivity index (χ4n) is 10.7. The number of carbonyl (C=O) groups excluding carboxylic acids is 5. The molecular weight excluding hydrogens is 1100 g/mol. The summed E-state index contributed by atoms with van der Waals surface area (Å²) < 4.78 is 39.6. The van der Waals surface area contributed by atoms with Crippen LogP contribution in [0.25, 0.3) is 39.1 Å². The number of esters is 1. The van der Waals surface area contributed by atoms with Crippen LogP contribution in [-0.2, 0) is 51.5 Å². The summed E-state index contributed by atoms with van der Waals surface area (Å²) in [4.78, 5) is 64.5. The van der Waals surface area contributed by atoms with Gasteiger partial charge in [-0.1, -0.05) is 79.4 Å². The van der Waals surface area contributed by atoms with Gasteiger partial charge >= 0.3 is 5.97 Å². The van der Waals surface area contributed by atoms with Gasteiger partial charge in [0.05, 0.1) is 49.9 Å². The van der Waals surface area contributed by atoms with Crippen LogP contribution in [0.4, 0.5) is 43.0 Å². The van der Waals surface area contributed by atoms with Crippen molar-refractivity contribution in [2.75, 3.05) is 38.6 Å².